The second kappa shape index (κ2) is 6.72. The molecule has 0 aromatic heterocycles. The van der Waals surface area contributed by atoms with Crippen molar-refractivity contribution in [3.63, 3.8) is 0 Å². The van der Waals surface area contributed by atoms with Crippen molar-refractivity contribution in [2.24, 2.45) is 0 Å². The van der Waals surface area contributed by atoms with Crippen LogP contribution in [0.1, 0.15) is 20.7 Å². The molecule has 0 heterocycles. The van der Waals surface area contributed by atoms with Crippen LogP contribution in [0.2, 0.25) is 5.02 Å². The van der Waals surface area contributed by atoms with Gasteiger partial charge in [0.15, 0.2) is 5.78 Å². The molecule has 106 valence electrons. The van der Waals surface area contributed by atoms with Crippen molar-refractivity contribution in [1.82, 2.24) is 0 Å². The number of allylic oxidation sites excluding steroid dienone is 1. The predicted molar refractivity (Wildman–Crippen MR) is 81.9 cm³/mol. The van der Waals surface area contributed by atoms with Crippen molar-refractivity contribution in [3.8, 4) is 0 Å². The molecule has 0 aliphatic heterocycles. The molecule has 4 nitrogen and oxygen atoms in total. The summed E-state index contributed by atoms with van der Waals surface area (Å²) in [6.45, 7) is 0. The summed E-state index contributed by atoms with van der Waals surface area (Å²) in [4.78, 5) is 22.5. The minimum Gasteiger partial charge on any atom is -0.478 e. The van der Waals surface area contributed by atoms with Crippen molar-refractivity contribution in [2.45, 2.75) is 0 Å². The van der Waals surface area contributed by atoms with Crippen LogP contribution in [0.4, 0.5) is 5.69 Å². The number of rotatable bonds is 5. The fraction of sp³-hybridized carbons (Fsp3) is 0. The number of carboxylic acids is 1. The number of ketones is 1. The third kappa shape index (κ3) is 4.19. The van der Waals surface area contributed by atoms with Gasteiger partial charge in [-0.25, -0.2) is 4.79 Å². The van der Waals surface area contributed by atoms with Crippen molar-refractivity contribution < 1.29 is 14.7 Å². The Labute approximate surface area is 126 Å². The quantitative estimate of drug-likeness (QED) is 0.650. The van der Waals surface area contributed by atoms with Crippen LogP contribution in [0.15, 0.2) is 60.8 Å². The zero-order valence-corrected chi connectivity index (χ0v) is 11.7. The van der Waals surface area contributed by atoms with Crippen LogP contribution < -0.4 is 5.32 Å². The molecule has 0 atom stereocenters. The highest BCUT2D eigenvalue weighted by Gasteiger charge is 2.02. The van der Waals surface area contributed by atoms with E-state index >= 15 is 0 Å². The van der Waals surface area contributed by atoms with Crippen LogP contribution >= 0.6 is 11.6 Å². The molecule has 0 aliphatic carbocycles. The number of aromatic carboxylic acids is 1. The number of carboxylic acid groups (broad SMARTS) is 1. The summed E-state index contributed by atoms with van der Waals surface area (Å²) in [5.74, 6) is -1.13. The second-order valence-corrected chi connectivity index (χ2v) is 4.67. The van der Waals surface area contributed by atoms with Crippen LogP contribution in [-0.4, -0.2) is 16.9 Å². The number of halogens is 1. The van der Waals surface area contributed by atoms with Gasteiger partial charge in [0.05, 0.1) is 5.56 Å². The van der Waals surface area contributed by atoms with E-state index in [1.807, 2.05) is 0 Å². The molecule has 2 aromatic rings. The summed E-state index contributed by atoms with van der Waals surface area (Å²) < 4.78 is 0. The summed E-state index contributed by atoms with van der Waals surface area (Å²) in [7, 11) is 0. The third-order valence-corrected chi connectivity index (χ3v) is 3.00. The fourth-order valence-corrected chi connectivity index (χ4v) is 1.76. The standard InChI is InChI=1S/C16H12ClNO3/c17-13-5-1-11(2-6-13)15(19)9-10-18-14-7-3-12(4-8-14)16(20)21/h1-10,18H,(H,20,21). The monoisotopic (exact) mass is 301 g/mol. The van der Waals surface area contributed by atoms with Crippen LogP contribution in [0.3, 0.4) is 0 Å². The highest BCUT2D eigenvalue weighted by atomic mass is 35.5. The number of carbonyl (C=O) groups is 2. The molecule has 0 saturated heterocycles. The Morgan fingerprint density at radius 1 is 0.952 bits per heavy atom. The Morgan fingerprint density at radius 2 is 1.52 bits per heavy atom. The lowest BCUT2D eigenvalue weighted by molar-refractivity contribution is 0.0696. The molecule has 0 bridgehead atoms. The molecule has 0 saturated carbocycles. The summed E-state index contributed by atoms with van der Waals surface area (Å²) >= 11 is 5.75. The Morgan fingerprint density at radius 3 is 2.10 bits per heavy atom. The minimum absolute atomic E-state index is 0.152. The van der Waals surface area contributed by atoms with Gasteiger partial charge >= 0.3 is 5.97 Å². The van der Waals surface area contributed by atoms with E-state index in [-0.39, 0.29) is 11.3 Å². The third-order valence-electron chi connectivity index (χ3n) is 2.75. The molecule has 0 radical (unpaired) electrons. The summed E-state index contributed by atoms with van der Waals surface area (Å²) in [5.41, 5.74) is 1.45. The maximum atomic E-state index is 11.8. The predicted octanol–water partition coefficient (Wildman–Crippen LogP) is 3.85. The first kappa shape index (κ1) is 14.8. The van der Waals surface area contributed by atoms with E-state index in [4.69, 9.17) is 16.7 Å². The molecule has 0 unspecified atom stereocenters. The highest BCUT2D eigenvalue weighted by Crippen LogP contribution is 2.11. The molecule has 2 N–H and O–H groups in total. The first-order chi connectivity index (χ1) is 10.1. The van der Waals surface area contributed by atoms with Gasteiger partial charge in [0.1, 0.15) is 0 Å². The molecule has 2 rings (SSSR count). The van der Waals surface area contributed by atoms with Crippen LogP contribution in [0, 0.1) is 0 Å². The minimum atomic E-state index is -0.977. The van der Waals surface area contributed by atoms with Gasteiger partial charge in [0.2, 0.25) is 0 Å². The van der Waals surface area contributed by atoms with E-state index < -0.39 is 5.97 Å². The van der Waals surface area contributed by atoms with Gasteiger partial charge in [0.25, 0.3) is 0 Å². The maximum Gasteiger partial charge on any atom is 0.335 e. The lowest BCUT2D eigenvalue weighted by atomic mass is 10.1. The first-order valence-corrected chi connectivity index (χ1v) is 6.50. The maximum absolute atomic E-state index is 11.8. The average Bonchev–Trinajstić information content (AvgIpc) is 2.48. The Kier molecular flexibility index (Phi) is 4.74. The topological polar surface area (TPSA) is 66.4 Å². The molecular formula is C16H12ClNO3. The van der Waals surface area contributed by atoms with Gasteiger partial charge < -0.3 is 10.4 Å². The number of hydrogen-bond acceptors (Lipinski definition) is 3. The second-order valence-electron chi connectivity index (χ2n) is 4.23. The smallest absolute Gasteiger partial charge is 0.335 e. The zero-order chi connectivity index (χ0) is 15.2. The van der Waals surface area contributed by atoms with Gasteiger partial charge in [-0.15, -0.1) is 0 Å². The van der Waals surface area contributed by atoms with E-state index in [1.54, 1.807) is 36.4 Å². The van der Waals surface area contributed by atoms with Gasteiger partial charge in [-0.3, -0.25) is 4.79 Å². The zero-order valence-electron chi connectivity index (χ0n) is 10.9. The summed E-state index contributed by atoms with van der Waals surface area (Å²) in [5, 5.41) is 12.3. The molecule has 0 fully saturated rings. The Hall–Kier alpha value is -2.59. The van der Waals surface area contributed by atoms with Gasteiger partial charge in [-0.2, -0.15) is 0 Å². The molecular weight excluding hydrogens is 290 g/mol. The van der Waals surface area contributed by atoms with Gasteiger partial charge in [-0.05, 0) is 48.5 Å². The van der Waals surface area contributed by atoms with E-state index in [0.717, 1.165) is 0 Å². The lowest BCUT2D eigenvalue weighted by Gasteiger charge is -2.01. The van der Waals surface area contributed by atoms with E-state index in [1.165, 1.54) is 24.4 Å². The average molecular weight is 302 g/mol. The van der Waals surface area contributed by atoms with E-state index in [0.29, 0.717) is 16.3 Å². The molecule has 0 amide bonds. The molecule has 21 heavy (non-hydrogen) atoms. The Bertz CT molecular complexity index is 676. The van der Waals surface area contributed by atoms with Crippen molar-refractivity contribution in [2.75, 3.05) is 5.32 Å². The van der Waals surface area contributed by atoms with E-state index in [2.05, 4.69) is 5.32 Å². The first-order valence-electron chi connectivity index (χ1n) is 6.12. The van der Waals surface area contributed by atoms with Crippen molar-refractivity contribution in [1.29, 1.82) is 0 Å². The lowest BCUT2D eigenvalue weighted by Crippen LogP contribution is -1.97. The van der Waals surface area contributed by atoms with E-state index in [9.17, 15) is 9.59 Å². The van der Waals surface area contributed by atoms with Crippen LogP contribution in [0.25, 0.3) is 0 Å². The summed E-state index contributed by atoms with van der Waals surface area (Å²) in [6.07, 6.45) is 2.90. The fourth-order valence-electron chi connectivity index (χ4n) is 1.63. The number of nitrogens with one attached hydrogen (secondary N) is 1. The van der Waals surface area contributed by atoms with Crippen molar-refractivity contribution in [3.05, 3.63) is 77.0 Å². The van der Waals surface area contributed by atoms with Crippen LogP contribution in [-0.2, 0) is 0 Å². The number of carbonyl (C=O) groups excluding carboxylic acids is 1. The largest absolute Gasteiger partial charge is 0.478 e. The van der Waals surface area contributed by atoms with Crippen molar-refractivity contribution >= 4 is 29.0 Å². The summed E-state index contributed by atoms with van der Waals surface area (Å²) in [6, 6.07) is 12.8. The molecule has 0 aliphatic rings. The highest BCUT2D eigenvalue weighted by molar-refractivity contribution is 6.30. The Balaban J connectivity index is 1.97. The van der Waals surface area contributed by atoms with Crippen LogP contribution in [0.5, 0.6) is 0 Å². The number of anilines is 1. The van der Waals surface area contributed by atoms with Gasteiger partial charge in [-0.1, -0.05) is 11.6 Å². The van der Waals surface area contributed by atoms with Gasteiger partial charge in [0, 0.05) is 28.5 Å². The number of benzene rings is 2. The SMILES string of the molecule is O=C(O)c1ccc(NC=CC(=O)c2ccc(Cl)cc2)cc1. The molecule has 0 spiro atoms. The molecule has 5 heteroatoms. The number of hydrogen-bond donors (Lipinski definition) is 2. The normalized spacial score (nSPS) is 10.5. The molecule has 2 aromatic carbocycles.